The molecule has 0 fully saturated rings. The lowest BCUT2D eigenvalue weighted by Gasteiger charge is -2.19. The quantitative estimate of drug-likeness (QED) is 0.695. The Morgan fingerprint density at radius 1 is 1.05 bits per heavy atom. The summed E-state index contributed by atoms with van der Waals surface area (Å²) in [6.45, 7) is 10.2. The highest BCUT2D eigenvalue weighted by molar-refractivity contribution is 7.89. The molecule has 0 aliphatic heterocycles. The van der Waals surface area contributed by atoms with Gasteiger partial charge < -0.3 is 10.2 Å². The minimum atomic E-state index is -3.44. The van der Waals surface area contributed by atoms with Crippen LogP contribution in [0, 0.1) is 0 Å². The number of likely N-dealkylation sites (N-methyl/N-ethyl adjacent to an activating group) is 1. The maximum absolute atomic E-state index is 12.3. The first kappa shape index (κ1) is 17.9. The number of anilines is 1. The van der Waals surface area contributed by atoms with Crippen molar-refractivity contribution in [3.63, 3.8) is 0 Å². The van der Waals surface area contributed by atoms with E-state index in [9.17, 15) is 8.42 Å². The van der Waals surface area contributed by atoms with Crippen molar-refractivity contribution in [2.24, 2.45) is 0 Å². The average Bonchev–Trinajstić information content (AvgIpc) is 2.50. The Hall–Kier alpha value is -1.11. The maximum Gasteiger partial charge on any atom is 0.242 e. The summed E-state index contributed by atoms with van der Waals surface area (Å²) in [6, 6.07) is 7.04. The zero-order valence-corrected chi connectivity index (χ0v) is 14.0. The Balaban J connectivity index is 2.75. The van der Waals surface area contributed by atoms with Crippen LogP contribution >= 0.6 is 0 Å². The number of nitrogens with zero attached hydrogens (tertiary/aromatic N) is 1. The largest absolute Gasteiger partial charge is 0.383 e. The fourth-order valence-corrected chi connectivity index (χ4v) is 3.37. The molecule has 0 saturated carbocycles. The molecule has 1 aromatic carbocycles. The van der Waals surface area contributed by atoms with Crippen molar-refractivity contribution in [2.45, 2.75) is 32.1 Å². The van der Waals surface area contributed by atoms with Gasteiger partial charge in [-0.25, -0.2) is 13.1 Å². The van der Waals surface area contributed by atoms with Crippen molar-refractivity contribution in [2.75, 3.05) is 38.0 Å². The number of benzene rings is 1. The SMILES string of the molecule is CCCNS(=O)(=O)c1ccccc1NCCN(CC)CC. The first-order valence-electron chi connectivity index (χ1n) is 7.60. The molecule has 0 heterocycles. The molecule has 0 spiro atoms. The van der Waals surface area contributed by atoms with Gasteiger partial charge >= 0.3 is 0 Å². The third kappa shape index (κ3) is 5.65. The molecule has 0 saturated heterocycles. The molecule has 2 N–H and O–H groups in total. The Kier molecular flexibility index (Phi) is 7.71. The molecule has 0 atom stereocenters. The van der Waals surface area contributed by atoms with Crippen LogP contribution in [0.5, 0.6) is 0 Å². The van der Waals surface area contributed by atoms with E-state index in [2.05, 4.69) is 28.8 Å². The molecule has 0 unspecified atom stereocenters. The Labute approximate surface area is 128 Å². The highest BCUT2D eigenvalue weighted by atomic mass is 32.2. The van der Waals surface area contributed by atoms with E-state index >= 15 is 0 Å². The topological polar surface area (TPSA) is 61.4 Å². The van der Waals surface area contributed by atoms with Crippen LogP contribution in [0.2, 0.25) is 0 Å². The van der Waals surface area contributed by atoms with E-state index in [1.54, 1.807) is 12.1 Å². The third-order valence-electron chi connectivity index (χ3n) is 3.36. The van der Waals surface area contributed by atoms with Gasteiger partial charge in [-0.05, 0) is 31.6 Å². The second-order valence-electron chi connectivity index (χ2n) is 4.85. The molecule has 0 aliphatic rings. The van der Waals surface area contributed by atoms with Gasteiger partial charge in [-0.3, -0.25) is 0 Å². The zero-order chi connectivity index (χ0) is 15.7. The highest BCUT2D eigenvalue weighted by Crippen LogP contribution is 2.20. The molecule has 0 amide bonds. The van der Waals surface area contributed by atoms with E-state index in [4.69, 9.17) is 0 Å². The van der Waals surface area contributed by atoms with E-state index in [1.807, 2.05) is 19.1 Å². The van der Waals surface area contributed by atoms with E-state index in [-0.39, 0.29) is 0 Å². The molecular formula is C15H27N3O2S. The highest BCUT2D eigenvalue weighted by Gasteiger charge is 2.17. The van der Waals surface area contributed by atoms with Crippen LogP contribution in [0.15, 0.2) is 29.2 Å². The Morgan fingerprint density at radius 3 is 2.33 bits per heavy atom. The van der Waals surface area contributed by atoms with E-state index in [0.717, 1.165) is 32.6 Å². The van der Waals surface area contributed by atoms with Crippen molar-refractivity contribution in [1.29, 1.82) is 0 Å². The normalized spacial score (nSPS) is 11.8. The van der Waals surface area contributed by atoms with Gasteiger partial charge in [0.05, 0.1) is 5.69 Å². The maximum atomic E-state index is 12.3. The monoisotopic (exact) mass is 313 g/mol. The lowest BCUT2D eigenvalue weighted by Crippen LogP contribution is -2.29. The van der Waals surface area contributed by atoms with Crippen LogP contribution in [-0.2, 0) is 10.0 Å². The van der Waals surface area contributed by atoms with Gasteiger partial charge in [0.2, 0.25) is 10.0 Å². The molecule has 0 aromatic heterocycles. The van der Waals surface area contributed by atoms with Gasteiger partial charge in [-0.2, -0.15) is 0 Å². The summed E-state index contributed by atoms with van der Waals surface area (Å²) in [6.07, 6.45) is 0.775. The number of hydrogen-bond acceptors (Lipinski definition) is 4. The summed E-state index contributed by atoms with van der Waals surface area (Å²) in [7, 11) is -3.44. The van der Waals surface area contributed by atoms with Crippen LogP contribution in [-0.4, -0.2) is 46.0 Å². The first-order chi connectivity index (χ1) is 10.0. The summed E-state index contributed by atoms with van der Waals surface area (Å²) in [5.74, 6) is 0. The van der Waals surface area contributed by atoms with Crippen LogP contribution in [0.3, 0.4) is 0 Å². The van der Waals surface area contributed by atoms with Crippen molar-refractivity contribution in [1.82, 2.24) is 9.62 Å². The smallest absolute Gasteiger partial charge is 0.242 e. The van der Waals surface area contributed by atoms with Crippen molar-refractivity contribution in [3.05, 3.63) is 24.3 Å². The van der Waals surface area contributed by atoms with Crippen molar-refractivity contribution >= 4 is 15.7 Å². The zero-order valence-electron chi connectivity index (χ0n) is 13.2. The fourth-order valence-electron chi connectivity index (χ4n) is 2.05. The molecule has 6 heteroatoms. The molecule has 21 heavy (non-hydrogen) atoms. The third-order valence-corrected chi connectivity index (χ3v) is 4.88. The van der Waals surface area contributed by atoms with Gasteiger partial charge in [0.25, 0.3) is 0 Å². The molecule has 120 valence electrons. The molecule has 0 aliphatic carbocycles. The van der Waals surface area contributed by atoms with E-state index in [0.29, 0.717) is 17.1 Å². The van der Waals surface area contributed by atoms with Crippen LogP contribution < -0.4 is 10.0 Å². The summed E-state index contributed by atoms with van der Waals surface area (Å²) in [5.41, 5.74) is 0.660. The van der Waals surface area contributed by atoms with Gasteiger partial charge in [-0.15, -0.1) is 0 Å². The van der Waals surface area contributed by atoms with Crippen LogP contribution in [0.25, 0.3) is 0 Å². The van der Waals surface area contributed by atoms with Gasteiger partial charge in [0.1, 0.15) is 4.90 Å². The van der Waals surface area contributed by atoms with Gasteiger partial charge in [0, 0.05) is 19.6 Å². The van der Waals surface area contributed by atoms with Crippen molar-refractivity contribution in [3.8, 4) is 0 Å². The molecule has 0 bridgehead atoms. The van der Waals surface area contributed by atoms with E-state index in [1.165, 1.54) is 0 Å². The first-order valence-corrected chi connectivity index (χ1v) is 9.08. The van der Waals surface area contributed by atoms with Gasteiger partial charge in [-0.1, -0.05) is 32.9 Å². The Bertz CT molecular complexity index is 513. The average molecular weight is 313 g/mol. The summed E-state index contributed by atoms with van der Waals surface area (Å²) >= 11 is 0. The molecule has 1 aromatic rings. The minimum absolute atomic E-state index is 0.318. The van der Waals surface area contributed by atoms with Crippen LogP contribution in [0.4, 0.5) is 5.69 Å². The minimum Gasteiger partial charge on any atom is -0.383 e. The molecule has 1 rings (SSSR count). The Morgan fingerprint density at radius 2 is 1.71 bits per heavy atom. The second kappa shape index (κ2) is 9.02. The molecule has 5 nitrogen and oxygen atoms in total. The number of para-hydroxylation sites is 1. The number of rotatable bonds is 10. The standard InChI is InChI=1S/C15H27N3O2S/c1-4-11-17-21(19,20)15-10-8-7-9-14(15)16-12-13-18(5-2)6-3/h7-10,16-17H,4-6,11-13H2,1-3H3. The molecule has 0 radical (unpaired) electrons. The summed E-state index contributed by atoms with van der Waals surface area (Å²) in [4.78, 5) is 2.61. The number of hydrogen-bond donors (Lipinski definition) is 2. The lowest BCUT2D eigenvalue weighted by atomic mass is 10.3. The molecular weight excluding hydrogens is 286 g/mol. The van der Waals surface area contributed by atoms with E-state index < -0.39 is 10.0 Å². The number of nitrogens with one attached hydrogen (secondary N) is 2. The predicted molar refractivity (Wildman–Crippen MR) is 88.2 cm³/mol. The van der Waals surface area contributed by atoms with Crippen molar-refractivity contribution < 1.29 is 8.42 Å². The predicted octanol–water partition coefficient (Wildman–Crippen LogP) is 2.13. The van der Waals surface area contributed by atoms with Crippen LogP contribution in [0.1, 0.15) is 27.2 Å². The second-order valence-corrected chi connectivity index (χ2v) is 6.58. The number of sulfonamides is 1. The fraction of sp³-hybridized carbons (Fsp3) is 0.600. The van der Waals surface area contributed by atoms with Gasteiger partial charge in [0.15, 0.2) is 0 Å². The lowest BCUT2D eigenvalue weighted by molar-refractivity contribution is 0.316. The summed E-state index contributed by atoms with van der Waals surface area (Å²) in [5, 5.41) is 3.23. The summed E-state index contributed by atoms with van der Waals surface area (Å²) < 4.78 is 27.1.